The van der Waals surface area contributed by atoms with E-state index in [0.717, 1.165) is 25.2 Å². The lowest BCUT2D eigenvalue weighted by atomic mass is 9.99. The number of nitrogens with zero attached hydrogens (tertiary/aromatic N) is 3. The van der Waals surface area contributed by atoms with Crippen LogP contribution < -0.4 is 20.5 Å². The van der Waals surface area contributed by atoms with Crippen molar-refractivity contribution in [3.05, 3.63) is 52.6 Å². The highest BCUT2D eigenvalue weighted by Crippen LogP contribution is 2.28. The number of nitrogens with one attached hydrogen (secondary N) is 1. The number of methoxy groups -OCH3 is 1. The average molecular weight is 467 g/mol. The number of hydrogen-bond donors (Lipinski definition) is 1. The number of benzene rings is 2. The Morgan fingerprint density at radius 3 is 2.76 bits per heavy atom. The third-order valence-electron chi connectivity index (χ3n) is 6.12. The first-order valence-electron chi connectivity index (χ1n) is 11.7. The van der Waals surface area contributed by atoms with Gasteiger partial charge in [-0.05, 0) is 69.0 Å². The number of carbonyl (C=O) groups excluding carboxylic acids is 1. The lowest BCUT2D eigenvalue weighted by Gasteiger charge is -2.33. The number of halogens is 1. The van der Waals surface area contributed by atoms with E-state index >= 15 is 0 Å². The summed E-state index contributed by atoms with van der Waals surface area (Å²) in [6, 6.07) is 9.91. The van der Waals surface area contributed by atoms with Gasteiger partial charge in [0.15, 0.2) is 11.6 Å². The van der Waals surface area contributed by atoms with Crippen LogP contribution in [-0.2, 0) is 11.3 Å². The Morgan fingerprint density at radius 2 is 2.06 bits per heavy atom. The van der Waals surface area contributed by atoms with Crippen LogP contribution in [0.15, 0.2) is 41.2 Å². The number of carbonyl (C=O) groups is 1. The number of amides is 1. The molecule has 7 nitrogen and oxygen atoms in total. The normalized spacial score (nSPS) is 16.2. The van der Waals surface area contributed by atoms with Crippen molar-refractivity contribution in [2.45, 2.75) is 46.2 Å². The maximum atomic E-state index is 14.0. The van der Waals surface area contributed by atoms with Crippen molar-refractivity contribution in [1.82, 2.24) is 14.9 Å². The van der Waals surface area contributed by atoms with Gasteiger partial charge >= 0.3 is 0 Å². The zero-order valence-corrected chi connectivity index (χ0v) is 20.1. The summed E-state index contributed by atoms with van der Waals surface area (Å²) >= 11 is 0. The summed E-state index contributed by atoms with van der Waals surface area (Å²) in [6.07, 6.45) is 2.32. The predicted molar refractivity (Wildman–Crippen MR) is 132 cm³/mol. The number of rotatable bonds is 6. The summed E-state index contributed by atoms with van der Waals surface area (Å²) in [5.74, 6) is 0.108. The van der Waals surface area contributed by atoms with Crippen LogP contribution in [0.5, 0.6) is 5.75 Å². The van der Waals surface area contributed by atoms with Crippen molar-refractivity contribution in [1.29, 1.82) is 0 Å². The minimum atomic E-state index is -0.515. The summed E-state index contributed by atoms with van der Waals surface area (Å²) in [5, 5.41) is 3.28. The molecule has 2 aromatic carbocycles. The van der Waals surface area contributed by atoms with Crippen molar-refractivity contribution in [2.24, 2.45) is 5.92 Å². The molecule has 0 radical (unpaired) electrons. The first-order chi connectivity index (χ1) is 16.3. The van der Waals surface area contributed by atoms with E-state index in [1.54, 1.807) is 0 Å². The minimum Gasteiger partial charge on any atom is -0.494 e. The molecule has 180 valence electrons. The lowest BCUT2D eigenvalue weighted by Crippen LogP contribution is -2.37. The first kappa shape index (κ1) is 23.7. The van der Waals surface area contributed by atoms with Gasteiger partial charge in [0.25, 0.3) is 5.56 Å². The van der Waals surface area contributed by atoms with E-state index in [-0.39, 0.29) is 35.6 Å². The van der Waals surface area contributed by atoms with Crippen LogP contribution in [0.4, 0.5) is 10.1 Å². The molecule has 0 aliphatic carbocycles. The summed E-state index contributed by atoms with van der Waals surface area (Å²) in [6.45, 7) is 7.64. The van der Waals surface area contributed by atoms with Gasteiger partial charge in [-0.2, -0.15) is 0 Å². The van der Waals surface area contributed by atoms with E-state index in [2.05, 4.69) is 17.1 Å². The molecule has 0 bridgehead atoms. The van der Waals surface area contributed by atoms with Gasteiger partial charge in [0.1, 0.15) is 12.4 Å². The second kappa shape index (κ2) is 9.83. The number of anilines is 1. The van der Waals surface area contributed by atoms with Crippen molar-refractivity contribution in [2.75, 3.05) is 25.1 Å². The topological polar surface area (TPSA) is 76.5 Å². The zero-order valence-electron chi connectivity index (χ0n) is 20.1. The second-order valence-corrected chi connectivity index (χ2v) is 9.29. The van der Waals surface area contributed by atoms with Crippen LogP contribution >= 0.6 is 0 Å². The Hall–Kier alpha value is -3.42. The maximum absolute atomic E-state index is 14.0. The van der Waals surface area contributed by atoms with Crippen LogP contribution in [0.3, 0.4) is 0 Å². The van der Waals surface area contributed by atoms with Gasteiger partial charge < -0.3 is 15.0 Å². The summed E-state index contributed by atoms with van der Waals surface area (Å²) in [7, 11) is 1.38. The zero-order chi connectivity index (χ0) is 24.4. The molecule has 1 aliphatic rings. The number of piperidine rings is 1. The monoisotopic (exact) mass is 466 g/mol. The van der Waals surface area contributed by atoms with Crippen LogP contribution in [0, 0.1) is 11.7 Å². The van der Waals surface area contributed by atoms with Crippen molar-refractivity contribution >= 4 is 22.5 Å². The molecule has 1 aromatic heterocycles. The van der Waals surface area contributed by atoms with E-state index < -0.39 is 5.82 Å². The van der Waals surface area contributed by atoms with E-state index in [4.69, 9.17) is 9.72 Å². The Balaban J connectivity index is 1.86. The second-order valence-electron chi connectivity index (χ2n) is 9.29. The Morgan fingerprint density at radius 1 is 1.26 bits per heavy atom. The predicted octanol–water partition coefficient (Wildman–Crippen LogP) is 3.97. The van der Waals surface area contributed by atoms with Crippen LogP contribution in [0.2, 0.25) is 0 Å². The van der Waals surface area contributed by atoms with Crippen molar-refractivity contribution in [3.8, 4) is 17.1 Å². The molecule has 1 saturated heterocycles. The molecule has 1 N–H and O–H groups in total. The Kier molecular flexibility index (Phi) is 6.86. The molecular formula is C26H31FN4O3. The van der Waals surface area contributed by atoms with Crippen LogP contribution in [-0.4, -0.2) is 41.7 Å². The fourth-order valence-electron chi connectivity index (χ4n) is 4.51. The van der Waals surface area contributed by atoms with Gasteiger partial charge in [-0.15, -0.1) is 0 Å². The van der Waals surface area contributed by atoms with Crippen LogP contribution in [0.1, 0.15) is 33.6 Å². The third kappa shape index (κ3) is 4.90. The maximum Gasteiger partial charge on any atom is 0.262 e. The minimum absolute atomic E-state index is 0.0413. The summed E-state index contributed by atoms with van der Waals surface area (Å²) < 4.78 is 20.5. The van der Waals surface area contributed by atoms with E-state index in [1.165, 1.54) is 36.3 Å². The molecule has 0 unspecified atom stereocenters. The largest absolute Gasteiger partial charge is 0.494 e. The molecule has 34 heavy (non-hydrogen) atoms. The SMILES string of the molecule is COc1cc(-c2nc3ccc(N4CCC[C@H](C)C4)cc3c(=O)n2CC(=O)NC(C)C)ccc1F. The fraction of sp³-hybridized carbons (Fsp3) is 0.423. The van der Waals surface area contributed by atoms with Gasteiger partial charge in [0.05, 0.1) is 18.0 Å². The first-order valence-corrected chi connectivity index (χ1v) is 11.7. The van der Waals surface area contributed by atoms with E-state index in [1.807, 2.05) is 32.0 Å². The average Bonchev–Trinajstić information content (AvgIpc) is 2.80. The molecule has 1 fully saturated rings. The smallest absolute Gasteiger partial charge is 0.262 e. The van der Waals surface area contributed by atoms with Crippen molar-refractivity contribution in [3.63, 3.8) is 0 Å². The molecule has 3 aromatic rings. The molecular weight excluding hydrogens is 435 g/mol. The number of ether oxygens (including phenoxy) is 1. The highest BCUT2D eigenvalue weighted by molar-refractivity contribution is 5.84. The standard InChI is InChI=1S/C26H31FN4O3/c1-16(2)28-24(32)15-31-25(18-7-9-21(27)23(12-18)34-4)29-22-10-8-19(13-20(22)26(31)33)30-11-5-6-17(3)14-30/h7-10,12-13,16-17H,5-6,11,14-15H2,1-4H3,(H,28,32)/t17-/m0/s1. The van der Waals surface area contributed by atoms with Gasteiger partial charge in [0, 0.05) is 30.4 Å². The molecule has 1 atom stereocenters. The highest BCUT2D eigenvalue weighted by Gasteiger charge is 2.20. The highest BCUT2D eigenvalue weighted by atomic mass is 19.1. The van der Waals surface area contributed by atoms with Gasteiger partial charge in [-0.25, -0.2) is 9.37 Å². The van der Waals surface area contributed by atoms with Gasteiger partial charge in [0.2, 0.25) is 5.91 Å². The summed E-state index contributed by atoms with van der Waals surface area (Å²) in [5.41, 5.74) is 1.68. The van der Waals surface area contributed by atoms with Gasteiger partial charge in [-0.1, -0.05) is 6.92 Å². The molecule has 8 heteroatoms. The van der Waals surface area contributed by atoms with Crippen molar-refractivity contribution < 1.29 is 13.9 Å². The Labute approximate surface area is 198 Å². The number of fused-ring (bicyclic) bond motifs is 1. The quantitative estimate of drug-likeness (QED) is 0.595. The number of aromatic nitrogens is 2. The molecule has 4 rings (SSSR count). The molecule has 2 heterocycles. The van der Waals surface area contributed by atoms with Crippen LogP contribution in [0.25, 0.3) is 22.3 Å². The van der Waals surface area contributed by atoms with Gasteiger partial charge in [-0.3, -0.25) is 14.2 Å². The lowest BCUT2D eigenvalue weighted by molar-refractivity contribution is -0.122. The summed E-state index contributed by atoms with van der Waals surface area (Å²) in [4.78, 5) is 33.3. The fourth-order valence-corrected chi connectivity index (χ4v) is 4.51. The van der Waals surface area contributed by atoms with E-state index in [9.17, 15) is 14.0 Å². The third-order valence-corrected chi connectivity index (χ3v) is 6.12. The number of hydrogen-bond acceptors (Lipinski definition) is 5. The Bertz CT molecular complexity index is 1270. The molecule has 1 aliphatic heterocycles. The molecule has 1 amide bonds. The van der Waals surface area contributed by atoms with E-state index in [0.29, 0.717) is 22.4 Å². The molecule has 0 saturated carbocycles. The molecule has 0 spiro atoms.